The number of carbonyl (C=O) groups is 3. The van der Waals surface area contributed by atoms with E-state index in [2.05, 4.69) is 142 Å². The molecule has 0 fully saturated rings. The number of allylic oxidation sites excluding steroid dienone is 21. The maximum absolute atomic E-state index is 12.8. The summed E-state index contributed by atoms with van der Waals surface area (Å²) in [6.07, 6.45) is 84.8. The van der Waals surface area contributed by atoms with E-state index in [1.807, 2.05) is 6.08 Å². The Morgan fingerprint density at radius 3 is 0.904 bits per heavy atom. The van der Waals surface area contributed by atoms with Crippen molar-refractivity contribution in [1.82, 2.24) is 0 Å². The molecule has 6 heteroatoms. The Balaban J connectivity index is 4.33. The van der Waals surface area contributed by atoms with Crippen LogP contribution in [0, 0.1) is 0 Å². The van der Waals surface area contributed by atoms with Crippen molar-refractivity contribution in [1.29, 1.82) is 0 Å². The Morgan fingerprint density at radius 1 is 0.301 bits per heavy atom. The van der Waals surface area contributed by atoms with Crippen molar-refractivity contribution >= 4 is 17.9 Å². The van der Waals surface area contributed by atoms with Gasteiger partial charge in [0.1, 0.15) is 13.2 Å². The van der Waals surface area contributed by atoms with E-state index < -0.39 is 12.1 Å². The minimum Gasteiger partial charge on any atom is -0.462 e. The molecule has 6 nitrogen and oxygen atoms in total. The second kappa shape index (κ2) is 60.1. The summed E-state index contributed by atoms with van der Waals surface area (Å²) in [6, 6.07) is 0. The Kier molecular flexibility index (Phi) is 56.4. The number of unbranched alkanes of at least 4 members (excludes halogenated alkanes) is 20. The minimum absolute atomic E-state index is 0.0930. The van der Waals surface area contributed by atoms with E-state index in [0.717, 1.165) is 116 Å². The van der Waals surface area contributed by atoms with Gasteiger partial charge in [-0.05, 0) is 96.3 Å². The Bertz CT molecular complexity index is 1580. The predicted molar refractivity (Wildman–Crippen MR) is 316 cm³/mol. The maximum atomic E-state index is 12.8. The fraction of sp³-hybridized carbons (Fsp3) is 0.627. The summed E-state index contributed by atoms with van der Waals surface area (Å²) in [4.78, 5) is 38.0. The van der Waals surface area contributed by atoms with Gasteiger partial charge in [-0.15, -0.1) is 0 Å². The minimum atomic E-state index is -0.836. The summed E-state index contributed by atoms with van der Waals surface area (Å²) in [5.41, 5.74) is 0. The second-order valence-electron chi connectivity index (χ2n) is 19.2. The first kappa shape index (κ1) is 68.6. The van der Waals surface area contributed by atoms with Gasteiger partial charge in [-0.2, -0.15) is 0 Å². The van der Waals surface area contributed by atoms with Gasteiger partial charge in [-0.25, -0.2) is 0 Å². The van der Waals surface area contributed by atoms with Gasteiger partial charge in [0.25, 0.3) is 0 Å². The summed E-state index contributed by atoms with van der Waals surface area (Å²) in [6.45, 7) is 6.31. The number of carbonyl (C=O) groups excluding carboxylic acids is 3. The molecule has 0 rings (SSSR count). The fourth-order valence-corrected chi connectivity index (χ4v) is 7.82. The maximum Gasteiger partial charge on any atom is 0.310 e. The van der Waals surface area contributed by atoms with E-state index in [-0.39, 0.29) is 31.6 Å². The molecule has 1 unspecified atom stereocenters. The zero-order chi connectivity index (χ0) is 52.9. The van der Waals surface area contributed by atoms with Gasteiger partial charge < -0.3 is 14.2 Å². The molecule has 0 aliphatic carbocycles. The van der Waals surface area contributed by atoms with Crippen LogP contribution in [0.1, 0.15) is 252 Å². The second-order valence-corrected chi connectivity index (χ2v) is 19.2. The first-order valence-corrected chi connectivity index (χ1v) is 29.7. The van der Waals surface area contributed by atoms with Crippen LogP contribution < -0.4 is 0 Å². The van der Waals surface area contributed by atoms with E-state index in [1.165, 1.54) is 96.3 Å². The van der Waals surface area contributed by atoms with E-state index in [9.17, 15) is 14.4 Å². The highest BCUT2D eigenvalue weighted by Gasteiger charge is 2.19. The van der Waals surface area contributed by atoms with Gasteiger partial charge in [-0.1, -0.05) is 270 Å². The summed E-state index contributed by atoms with van der Waals surface area (Å²) in [5.74, 6) is -1.06. The van der Waals surface area contributed by atoms with Gasteiger partial charge in [0, 0.05) is 12.8 Å². The highest BCUT2D eigenvalue weighted by molar-refractivity contribution is 5.72. The third-order valence-corrected chi connectivity index (χ3v) is 12.2. The van der Waals surface area contributed by atoms with E-state index in [1.54, 1.807) is 6.08 Å². The molecule has 0 aliphatic heterocycles. The van der Waals surface area contributed by atoms with Crippen molar-refractivity contribution < 1.29 is 28.6 Å². The molecular formula is C67H108O6. The third kappa shape index (κ3) is 58.3. The van der Waals surface area contributed by atoms with Crippen LogP contribution in [0.3, 0.4) is 0 Å². The van der Waals surface area contributed by atoms with Crippen LogP contribution in [-0.4, -0.2) is 37.2 Å². The molecule has 0 aliphatic rings. The average Bonchev–Trinajstić information content (AvgIpc) is 3.39. The van der Waals surface area contributed by atoms with E-state index >= 15 is 0 Å². The first-order chi connectivity index (χ1) is 36.0. The van der Waals surface area contributed by atoms with Crippen molar-refractivity contribution in [3.63, 3.8) is 0 Å². The Labute approximate surface area is 449 Å². The van der Waals surface area contributed by atoms with Gasteiger partial charge in [0.2, 0.25) is 0 Å². The SMILES string of the molecule is CC/C=C\C/C=C\C/C=C\C/C=C\C/C=C\C/C=C\CCCCCCCCCCCCC(=O)OCC(COC(=O)CCCCCCCCCCCCC)OC(=O)C/C=C\C/C=C\C/C=C\C/C=C\C/C=C\CC. The molecule has 0 saturated carbocycles. The van der Waals surface area contributed by atoms with Crippen molar-refractivity contribution in [2.24, 2.45) is 0 Å². The topological polar surface area (TPSA) is 78.9 Å². The largest absolute Gasteiger partial charge is 0.462 e. The number of esters is 3. The molecule has 0 amide bonds. The normalized spacial score (nSPS) is 13.1. The van der Waals surface area contributed by atoms with Gasteiger partial charge in [-0.3, -0.25) is 14.4 Å². The number of ether oxygens (including phenoxy) is 3. The molecule has 412 valence electrons. The van der Waals surface area contributed by atoms with Crippen LogP contribution in [0.5, 0.6) is 0 Å². The molecule has 0 bridgehead atoms. The molecule has 0 aromatic carbocycles. The van der Waals surface area contributed by atoms with Crippen LogP contribution in [0.25, 0.3) is 0 Å². The van der Waals surface area contributed by atoms with Crippen LogP contribution in [0.4, 0.5) is 0 Å². The Morgan fingerprint density at radius 2 is 0.575 bits per heavy atom. The van der Waals surface area contributed by atoms with Crippen LogP contribution in [0.2, 0.25) is 0 Å². The van der Waals surface area contributed by atoms with Crippen molar-refractivity contribution in [2.75, 3.05) is 13.2 Å². The molecule has 0 radical (unpaired) electrons. The van der Waals surface area contributed by atoms with Crippen molar-refractivity contribution in [3.8, 4) is 0 Å². The first-order valence-electron chi connectivity index (χ1n) is 29.7. The fourth-order valence-electron chi connectivity index (χ4n) is 7.82. The van der Waals surface area contributed by atoms with Gasteiger partial charge in [0.15, 0.2) is 6.10 Å². The lowest BCUT2D eigenvalue weighted by Gasteiger charge is -2.18. The van der Waals surface area contributed by atoms with Crippen LogP contribution in [0.15, 0.2) is 134 Å². The molecule has 0 spiro atoms. The van der Waals surface area contributed by atoms with Gasteiger partial charge >= 0.3 is 17.9 Å². The number of hydrogen-bond acceptors (Lipinski definition) is 6. The van der Waals surface area contributed by atoms with Crippen molar-refractivity contribution in [3.05, 3.63) is 134 Å². The zero-order valence-electron chi connectivity index (χ0n) is 47.1. The molecular weight excluding hydrogens is 901 g/mol. The molecule has 0 aromatic rings. The van der Waals surface area contributed by atoms with Crippen molar-refractivity contribution in [2.45, 2.75) is 258 Å². The smallest absolute Gasteiger partial charge is 0.310 e. The summed E-state index contributed by atoms with van der Waals surface area (Å²) in [7, 11) is 0. The summed E-state index contributed by atoms with van der Waals surface area (Å²) >= 11 is 0. The quantitative estimate of drug-likeness (QED) is 0.0261. The molecule has 0 heterocycles. The predicted octanol–water partition coefficient (Wildman–Crippen LogP) is 20.2. The Hall–Kier alpha value is -4.45. The summed E-state index contributed by atoms with van der Waals surface area (Å²) in [5, 5.41) is 0. The standard InChI is InChI=1S/C67H108O6/c1-4-7-10-13-16-19-22-24-26-27-28-29-30-31-32-33-34-35-36-37-38-39-41-42-45-48-51-54-57-60-66(69)72-63-64(62-71-65(68)59-56-53-50-47-44-21-18-15-12-9-6-3)73-67(70)61-58-55-52-49-46-43-40-25-23-20-17-14-11-8-5-2/h7-8,10-11,16-17,19-20,24-26,28-29,31-32,34-35,40,46,49,55,58,64H,4-6,9,12-15,18,21-23,27,30,33,36-39,41-45,47-48,50-54,56-57,59-63H2,1-3H3/b10-7-,11-8-,19-16-,20-17-,26-24-,29-28-,32-31-,35-34-,40-25-,49-46-,58-55-. The lowest BCUT2D eigenvalue weighted by atomic mass is 10.1. The van der Waals surface area contributed by atoms with Gasteiger partial charge in [0.05, 0.1) is 6.42 Å². The third-order valence-electron chi connectivity index (χ3n) is 12.2. The average molecular weight is 1010 g/mol. The van der Waals surface area contributed by atoms with Crippen LogP contribution in [-0.2, 0) is 28.6 Å². The summed E-state index contributed by atoms with van der Waals surface area (Å²) < 4.78 is 16.7. The lowest BCUT2D eigenvalue weighted by molar-refractivity contribution is -0.166. The van der Waals surface area contributed by atoms with E-state index in [0.29, 0.717) is 12.8 Å². The number of rotatable bonds is 52. The molecule has 1 atom stereocenters. The van der Waals surface area contributed by atoms with E-state index in [4.69, 9.17) is 14.2 Å². The monoisotopic (exact) mass is 1010 g/mol. The molecule has 73 heavy (non-hydrogen) atoms. The zero-order valence-corrected chi connectivity index (χ0v) is 47.1. The molecule has 0 aromatic heterocycles. The highest BCUT2D eigenvalue weighted by Crippen LogP contribution is 2.15. The van der Waals surface area contributed by atoms with Crippen LogP contribution >= 0.6 is 0 Å². The number of hydrogen-bond donors (Lipinski definition) is 0. The molecule has 0 N–H and O–H groups in total. The highest BCUT2D eigenvalue weighted by atomic mass is 16.6. The molecule has 0 saturated heterocycles. The lowest BCUT2D eigenvalue weighted by Crippen LogP contribution is -2.30.